The van der Waals surface area contributed by atoms with Crippen molar-refractivity contribution in [3.63, 3.8) is 0 Å². The van der Waals surface area contributed by atoms with Crippen LogP contribution in [0.1, 0.15) is 50.4 Å². The largest absolute Gasteiger partial charge is 0.464 e. The quantitative estimate of drug-likeness (QED) is 0.846. The Morgan fingerprint density at radius 3 is 2.64 bits per heavy atom. The van der Waals surface area contributed by atoms with Crippen LogP contribution in [0, 0.1) is 10.8 Å². The third kappa shape index (κ3) is 2.62. The molecule has 1 aliphatic carbocycles. The molecule has 25 heavy (non-hydrogen) atoms. The van der Waals surface area contributed by atoms with Gasteiger partial charge in [-0.25, -0.2) is 4.79 Å². The van der Waals surface area contributed by atoms with Gasteiger partial charge in [0.05, 0.1) is 5.52 Å². The molecule has 1 saturated heterocycles. The number of amides is 1. The lowest BCUT2D eigenvalue weighted by Crippen LogP contribution is -2.37. The Balaban J connectivity index is 1.65. The van der Waals surface area contributed by atoms with Gasteiger partial charge >= 0.3 is 6.09 Å². The summed E-state index contributed by atoms with van der Waals surface area (Å²) in [5.41, 5.74) is 1.73. The molecule has 2 heterocycles. The second-order valence-corrected chi connectivity index (χ2v) is 8.89. The molecule has 0 radical (unpaired) electrons. The van der Waals surface area contributed by atoms with Gasteiger partial charge < -0.3 is 10.0 Å². The van der Waals surface area contributed by atoms with E-state index in [-0.39, 0.29) is 16.7 Å². The van der Waals surface area contributed by atoms with Crippen molar-refractivity contribution in [1.82, 2.24) is 9.47 Å². The van der Waals surface area contributed by atoms with E-state index < -0.39 is 6.09 Å². The van der Waals surface area contributed by atoms with Crippen LogP contribution in [0.15, 0.2) is 30.5 Å². The van der Waals surface area contributed by atoms with Crippen LogP contribution in [0.5, 0.6) is 0 Å². The summed E-state index contributed by atoms with van der Waals surface area (Å²) >= 11 is 0. The number of carbonyl (C=O) groups excluding carboxylic acids is 1. The maximum absolute atomic E-state index is 13.1. The van der Waals surface area contributed by atoms with Crippen LogP contribution < -0.4 is 0 Å². The molecule has 2 aromatic rings. The monoisotopic (exact) mass is 340 g/mol. The molecule has 132 valence electrons. The fourth-order valence-electron chi connectivity index (χ4n) is 5.31. The molecule has 5 nitrogen and oxygen atoms in total. The van der Waals surface area contributed by atoms with Crippen molar-refractivity contribution in [2.75, 3.05) is 6.54 Å². The van der Waals surface area contributed by atoms with E-state index in [1.165, 1.54) is 10.8 Å². The fraction of sp³-hybridized carbons (Fsp3) is 0.500. The van der Waals surface area contributed by atoms with Gasteiger partial charge in [0.15, 0.2) is 0 Å². The molecule has 4 rings (SSSR count). The molecule has 2 aliphatic rings. The first-order valence-corrected chi connectivity index (χ1v) is 8.83. The Bertz CT molecular complexity index is 882. The standard InChI is InChI=1S/C20H24N2O3/c1-19(2)9-15-10-20(3,11-19)12-22(15)17(23)14-4-5-16-13(8-14)6-7-21(16)18(24)25/h4-8,15H,9-12H2,1-3H3,(H,24,25). The molecular weight excluding hydrogens is 316 g/mol. The van der Waals surface area contributed by atoms with E-state index in [1.54, 1.807) is 18.2 Å². The lowest BCUT2D eigenvalue weighted by atomic mass is 9.65. The van der Waals surface area contributed by atoms with E-state index in [0.717, 1.165) is 31.2 Å². The molecule has 1 aromatic carbocycles. The highest BCUT2D eigenvalue weighted by molar-refractivity contribution is 5.99. The van der Waals surface area contributed by atoms with E-state index in [0.29, 0.717) is 17.1 Å². The van der Waals surface area contributed by atoms with E-state index >= 15 is 0 Å². The number of hydrogen-bond acceptors (Lipinski definition) is 2. The van der Waals surface area contributed by atoms with Crippen molar-refractivity contribution in [3.8, 4) is 0 Å². The van der Waals surface area contributed by atoms with Gasteiger partial charge in [-0.3, -0.25) is 9.36 Å². The molecule has 1 aliphatic heterocycles. The minimum absolute atomic E-state index is 0.0661. The number of nitrogens with zero attached hydrogens (tertiary/aromatic N) is 2. The normalized spacial score (nSPS) is 27.6. The minimum atomic E-state index is -1.02. The van der Waals surface area contributed by atoms with Crippen molar-refractivity contribution < 1.29 is 14.7 Å². The van der Waals surface area contributed by atoms with Crippen molar-refractivity contribution in [2.45, 2.75) is 46.1 Å². The third-order valence-corrected chi connectivity index (χ3v) is 5.82. The maximum Gasteiger partial charge on any atom is 0.415 e. The highest BCUT2D eigenvalue weighted by atomic mass is 16.4. The zero-order valence-electron chi connectivity index (χ0n) is 15.0. The molecule has 2 fully saturated rings. The Labute approximate surface area is 147 Å². The van der Waals surface area contributed by atoms with Crippen LogP contribution >= 0.6 is 0 Å². The van der Waals surface area contributed by atoms with Crippen LogP contribution in [0.4, 0.5) is 4.79 Å². The highest BCUT2D eigenvalue weighted by Crippen LogP contribution is 2.52. The number of aromatic nitrogens is 1. The summed E-state index contributed by atoms with van der Waals surface area (Å²) in [6, 6.07) is 7.34. The number of fused-ring (bicyclic) bond motifs is 3. The van der Waals surface area contributed by atoms with Crippen LogP contribution in [-0.2, 0) is 0 Å². The first kappa shape index (κ1) is 16.2. The smallest absolute Gasteiger partial charge is 0.415 e. The number of hydrogen-bond donors (Lipinski definition) is 1. The van der Waals surface area contributed by atoms with Crippen molar-refractivity contribution in [1.29, 1.82) is 0 Å². The molecular formula is C20H24N2O3. The summed E-state index contributed by atoms with van der Waals surface area (Å²) in [7, 11) is 0. The first-order chi connectivity index (χ1) is 11.7. The number of benzene rings is 1. The summed E-state index contributed by atoms with van der Waals surface area (Å²) in [6.45, 7) is 7.70. The van der Waals surface area contributed by atoms with E-state index in [2.05, 4.69) is 20.8 Å². The summed E-state index contributed by atoms with van der Waals surface area (Å²) in [4.78, 5) is 26.4. The third-order valence-electron chi connectivity index (χ3n) is 5.82. The predicted molar refractivity (Wildman–Crippen MR) is 95.9 cm³/mol. The Kier molecular flexibility index (Phi) is 3.30. The first-order valence-electron chi connectivity index (χ1n) is 8.83. The molecule has 1 aromatic heterocycles. The summed E-state index contributed by atoms with van der Waals surface area (Å²) < 4.78 is 1.18. The van der Waals surface area contributed by atoms with Gasteiger partial charge in [-0.15, -0.1) is 0 Å². The van der Waals surface area contributed by atoms with Crippen molar-refractivity contribution in [3.05, 3.63) is 36.0 Å². The second-order valence-electron chi connectivity index (χ2n) is 8.89. The summed E-state index contributed by atoms with van der Waals surface area (Å²) in [5.74, 6) is 0.0661. The average Bonchev–Trinajstić information content (AvgIpc) is 3.03. The number of likely N-dealkylation sites (tertiary alicyclic amines) is 1. The fourth-order valence-corrected chi connectivity index (χ4v) is 5.31. The molecule has 1 saturated carbocycles. The van der Waals surface area contributed by atoms with Gasteiger partial charge in [0, 0.05) is 29.7 Å². The molecule has 0 spiro atoms. The van der Waals surface area contributed by atoms with E-state index in [4.69, 9.17) is 0 Å². The number of carbonyl (C=O) groups is 2. The van der Waals surface area contributed by atoms with Crippen LogP contribution in [0.2, 0.25) is 0 Å². The molecule has 5 heteroatoms. The highest BCUT2D eigenvalue weighted by Gasteiger charge is 2.51. The van der Waals surface area contributed by atoms with Gasteiger partial charge in [-0.1, -0.05) is 20.8 Å². The Morgan fingerprint density at radius 1 is 1.16 bits per heavy atom. The van der Waals surface area contributed by atoms with Gasteiger partial charge in [0.1, 0.15) is 0 Å². The maximum atomic E-state index is 13.1. The van der Waals surface area contributed by atoms with Crippen molar-refractivity contribution in [2.24, 2.45) is 10.8 Å². The number of carboxylic acid groups (broad SMARTS) is 1. The molecule has 1 N–H and O–H groups in total. The van der Waals surface area contributed by atoms with Gasteiger partial charge in [0.2, 0.25) is 0 Å². The second kappa shape index (κ2) is 5.10. The van der Waals surface area contributed by atoms with Crippen molar-refractivity contribution >= 4 is 22.9 Å². The van der Waals surface area contributed by atoms with E-state index in [1.807, 2.05) is 11.0 Å². The zero-order valence-corrected chi connectivity index (χ0v) is 15.0. The van der Waals surface area contributed by atoms with Gasteiger partial charge in [-0.2, -0.15) is 0 Å². The average molecular weight is 340 g/mol. The van der Waals surface area contributed by atoms with Crippen LogP contribution in [0.25, 0.3) is 10.9 Å². The van der Waals surface area contributed by atoms with Crippen LogP contribution in [-0.4, -0.2) is 39.2 Å². The molecule has 2 bridgehead atoms. The molecule has 2 atom stereocenters. The van der Waals surface area contributed by atoms with Crippen LogP contribution in [0.3, 0.4) is 0 Å². The molecule has 1 amide bonds. The summed E-state index contributed by atoms with van der Waals surface area (Å²) in [5, 5.41) is 9.97. The lowest BCUT2D eigenvalue weighted by molar-refractivity contribution is 0.0708. The topological polar surface area (TPSA) is 62.5 Å². The van der Waals surface area contributed by atoms with Gasteiger partial charge in [-0.05, 0) is 54.4 Å². The molecule has 2 unspecified atom stereocenters. The van der Waals surface area contributed by atoms with Gasteiger partial charge in [0.25, 0.3) is 5.91 Å². The van der Waals surface area contributed by atoms with E-state index in [9.17, 15) is 14.7 Å². The zero-order chi connectivity index (χ0) is 18.0. The minimum Gasteiger partial charge on any atom is -0.464 e. The summed E-state index contributed by atoms with van der Waals surface area (Å²) in [6.07, 6.45) is 3.79. The lowest BCUT2D eigenvalue weighted by Gasteiger charge is -2.39. The Hall–Kier alpha value is -2.30. The number of rotatable bonds is 1. The SMILES string of the molecule is CC1(C)CC2CC(C)(CN2C(=O)c2ccc3c(ccn3C(=O)O)c2)C1. The predicted octanol–water partition coefficient (Wildman–Crippen LogP) is 4.21. The Morgan fingerprint density at radius 2 is 1.92 bits per heavy atom.